The third-order valence-electron chi connectivity index (χ3n) is 4.52. The van der Waals surface area contributed by atoms with Gasteiger partial charge in [0.1, 0.15) is 5.75 Å². The highest BCUT2D eigenvalue weighted by Crippen LogP contribution is 2.25. The molecular formula is C21H38N4O2. The second-order valence-electron chi connectivity index (χ2n) is 7.38. The van der Waals surface area contributed by atoms with Gasteiger partial charge in [0.05, 0.1) is 13.7 Å². The van der Waals surface area contributed by atoms with E-state index in [4.69, 9.17) is 14.5 Å². The van der Waals surface area contributed by atoms with Crippen molar-refractivity contribution in [3.63, 3.8) is 0 Å². The molecule has 0 radical (unpaired) electrons. The molecule has 0 amide bonds. The number of nitrogens with one attached hydrogen (secondary N) is 2. The normalized spacial score (nSPS) is 12.3. The number of aliphatic imine (C=N–C) groups is 1. The molecule has 154 valence electrons. The van der Waals surface area contributed by atoms with E-state index >= 15 is 0 Å². The molecular weight excluding hydrogens is 340 g/mol. The summed E-state index contributed by atoms with van der Waals surface area (Å²) < 4.78 is 10.3. The van der Waals surface area contributed by atoms with Gasteiger partial charge in [-0.2, -0.15) is 0 Å². The number of nitrogens with zero attached hydrogens (tertiary/aromatic N) is 2. The van der Waals surface area contributed by atoms with Crippen LogP contribution >= 0.6 is 0 Å². The van der Waals surface area contributed by atoms with Crippen molar-refractivity contribution >= 4 is 5.96 Å². The molecule has 0 saturated heterocycles. The minimum atomic E-state index is -0.0500. The lowest BCUT2D eigenvalue weighted by molar-refractivity contribution is 0.180. The topological polar surface area (TPSA) is 58.1 Å². The molecule has 6 nitrogen and oxygen atoms in total. The Hall–Kier alpha value is -1.79. The Kier molecular flexibility index (Phi) is 10.8. The summed E-state index contributed by atoms with van der Waals surface area (Å²) in [6.07, 6.45) is 1.05. The van der Waals surface area contributed by atoms with Gasteiger partial charge in [0.25, 0.3) is 0 Å². The average Bonchev–Trinajstić information content (AvgIpc) is 2.66. The lowest BCUT2D eigenvalue weighted by Crippen LogP contribution is -2.42. The Labute approximate surface area is 165 Å². The standard InChI is InChI=1S/C21H38N4O2/c1-7-22-20(23-13-15-25(4)14-8-16-26-5)24-17-21(2,3)18-9-11-19(27-6)12-10-18/h9-12H,7-8,13-17H2,1-6H3,(H2,22,23,24). The molecule has 0 aromatic heterocycles. The van der Waals surface area contributed by atoms with Crippen LogP contribution in [0.4, 0.5) is 0 Å². The molecule has 1 aromatic carbocycles. The van der Waals surface area contributed by atoms with Crippen molar-refractivity contribution in [2.75, 3.05) is 60.6 Å². The second kappa shape index (κ2) is 12.6. The highest BCUT2D eigenvalue weighted by Gasteiger charge is 2.20. The maximum atomic E-state index is 5.25. The monoisotopic (exact) mass is 378 g/mol. The van der Waals surface area contributed by atoms with Crippen molar-refractivity contribution in [2.24, 2.45) is 4.99 Å². The fourth-order valence-corrected chi connectivity index (χ4v) is 2.71. The van der Waals surface area contributed by atoms with Gasteiger partial charge >= 0.3 is 0 Å². The van der Waals surface area contributed by atoms with Crippen molar-refractivity contribution in [3.8, 4) is 5.75 Å². The number of methoxy groups -OCH3 is 2. The first-order chi connectivity index (χ1) is 12.9. The van der Waals surface area contributed by atoms with Crippen molar-refractivity contribution < 1.29 is 9.47 Å². The third kappa shape index (κ3) is 9.11. The van der Waals surface area contributed by atoms with Crippen LogP contribution in [0.3, 0.4) is 0 Å². The SMILES string of the molecule is CCNC(=NCC(C)(C)c1ccc(OC)cc1)NCCN(C)CCCOC. The lowest BCUT2D eigenvalue weighted by Gasteiger charge is -2.24. The van der Waals surface area contributed by atoms with Crippen LogP contribution in [-0.2, 0) is 10.2 Å². The predicted molar refractivity (Wildman–Crippen MR) is 114 cm³/mol. The maximum Gasteiger partial charge on any atom is 0.191 e. The number of ether oxygens (including phenoxy) is 2. The first kappa shape index (κ1) is 23.2. The molecule has 27 heavy (non-hydrogen) atoms. The fraction of sp³-hybridized carbons (Fsp3) is 0.667. The summed E-state index contributed by atoms with van der Waals surface area (Å²) in [6.45, 7) is 11.7. The van der Waals surface area contributed by atoms with Gasteiger partial charge in [-0.25, -0.2) is 0 Å². The Bertz CT molecular complexity index is 544. The first-order valence-corrected chi connectivity index (χ1v) is 9.77. The maximum absolute atomic E-state index is 5.25. The van der Waals surface area contributed by atoms with E-state index in [0.29, 0.717) is 6.54 Å². The van der Waals surface area contributed by atoms with Crippen LogP contribution < -0.4 is 15.4 Å². The van der Waals surface area contributed by atoms with Crippen molar-refractivity contribution in [1.29, 1.82) is 0 Å². The Morgan fingerprint density at radius 2 is 1.81 bits per heavy atom. The Morgan fingerprint density at radius 3 is 2.41 bits per heavy atom. The molecule has 0 bridgehead atoms. The van der Waals surface area contributed by atoms with Crippen LogP contribution in [0.15, 0.2) is 29.3 Å². The summed E-state index contributed by atoms with van der Waals surface area (Å²) in [5, 5.41) is 6.76. The molecule has 2 N–H and O–H groups in total. The van der Waals surface area contributed by atoms with Gasteiger partial charge < -0.3 is 25.0 Å². The summed E-state index contributed by atoms with van der Waals surface area (Å²) in [7, 11) is 5.57. The van der Waals surface area contributed by atoms with Gasteiger partial charge in [-0.05, 0) is 38.1 Å². The van der Waals surface area contributed by atoms with E-state index in [1.165, 1.54) is 5.56 Å². The number of benzene rings is 1. The van der Waals surface area contributed by atoms with E-state index in [0.717, 1.165) is 50.9 Å². The largest absolute Gasteiger partial charge is 0.497 e. The predicted octanol–water partition coefficient (Wildman–Crippen LogP) is 2.50. The summed E-state index contributed by atoms with van der Waals surface area (Å²) in [5.41, 5.74) is 1.20. The molecule has 0 spiro atoms. The summed E-state index contributed by atoms with van der Waals surface area (Å²) in [6, 6.07) is 8.24. The summed E-state index contributed by atoms with van der Waals surface area (Å²) in [4.78, 5) is 7.10. The molecule has 6 heteroatoms. The van der Waals surface area contributed by atoms with Crippen LogP contribution in [0.2, 0.25) is 0 Å². The number of likely N-dealkylation sites (N-methyl/N-ethyl adjacent to an activating group) is 1. The zero-order chi connectivity index (χ0) is 20.1. The Balaban J connectivity index is 2.55. The first-order valence-electron chi connectivity index (χ1n) is 9.77. The molecule has 1 rings (SSSR count). The zero-order valence-corrected chi connectivity index (χ0v) is 18.0. The molecule has 0 atom stereocenters. The van der Waals surface area contributed by atoms with Crippen molar-refractivity contribution in [3.05, 3.63) is 29.8 Å². The number of hydrogen-bond donors (Lipinski definition) is 2. The highest BCUT2D eigenvalue weighted by molar-refractivity contribution is 5.79. The fourth-order valence-electron chi connectivity index (χ4n) is 2.71. The van der Waals surface area contributed by atoms with Crippen LogP contribution in [0.1, 0.15) is 32.8 Å². The number of guanidine groups is 1. The highest BCUT2D eigenvalue weighted by atomic mass is 16.5. The average molecular weight is 379 g/mol. The van der Waals surface area contributed by atoms with E-state index < -0.39 is 0 Å². The number of rotatable bonds is 12. The van der Waals surface area contributed by atoms with Crippen molar-refractivity contribution in [1.82, 2.24) is 15.5 Å². The molecule has 0 unspecified atom stereocenters. The molecule has 0 heterocycles. The molecule has 1 aromatic rings. The van der Waals surface area contributed by atoms with Gasteiger partial charge in [0.15, 0.2) is 5.96 Å². The van der Waals surface area contributed by atoms with Crippen LogP contribution in [-0.4, -0.2) is 71.5 Å². The Morgan fingerprint density at radius 1 is 1.11 bits per heavy atom. The minimum absolute atomic E-state index is 0.0500. The summed E-state index contributed by atoms with van der Waals surface area (Å²) >= 11 is 0. The second-order valence-corrected chi connectivity index (χ2v) is 7.38. The van der Waals surface area contributed by atoms with Crippen molar-refractivity contribution in [2.45, 2.75) is 32.6 Å². The minimum Gasteiger partial charge on any atom is -0.497 e. The number of hydrogen-bond acceptors (Lipinski definition) is 4. The smallest absolute Gasteiger partial charge is 0.191 e. The van der Waals surface area contributed by atoms with E-state index in [1.807, 2.05) is 12.1 Å². The third-order valence-corrected chi connectivity index (χ3v) is 4.52. The van der Waals surface area contributed by atoms with E-state index in [-0.39, 0.29) is 5.41 Å². The van der Waals surface area contributed by atoms with E-state index in [2.05, 4.69) is 55.5 Å². The van der Waals surface area contributed by atoms with Crippen LogP contribution in [0, 0.1) is 0 Å². The lowest BCUT2D eigenvalue weighted by atomic mass is 9.85. The van der Waals surface area contributed by atoms with E-state index in [1.54, 1.807) is 14.2 Å². The quantitative estimate of drug-likeness (QED) is 0.332. The van der Waals surface area contributed by atoms with Crippen LogP contribution in [0.25, 0.3) is 0 Å². The van der Waals surface area contributed by atoms with Gasteiger partial charge in [-0.3, -0.25) is 4.99 Å². The molecule has 0 fully saturated rings. The molecule has 0 saturated carbocycles. The molecule has 0 aliphatic carbocycles. The molecule has 0 aliphatic rings. The summed E-state index contributed by atoms with van der Waals surface area (Å²) in [5.74, 6) is 1.74. The van der Waals surface area contributed by atoms with Gasteiger partial charge in [-0.1, -0.05) is 26.0 Å². The van der Waals surface area contributed by atoms with Gasteiger partial charge in [-0.15, -0.1) is 0 Å². The molecule has 0 aliphatic heterocycles. The van der Waals surface area contributed by atoms with Crippen LogP contribution in [0.5, 0.6) is 5.75 Å². The van der Waals surface area contributed by atoms with Gasteiger partial charge in [0, 0.05) is 45.3 Å². The van der Waals surface area contributed by atoms with Gasteiger partial charge in [0.2, 0.25) is 0 Å². The van der Waals surface area contributed by atoms with E-state index in [9.17, 15) is 0 Å². The zero-order valence-electron chi connectivity index (χ0n) is 18.0.